The standard InChI is InChI=1S/C14H16F3N2O2S/c1-4-8-19-10(3)18(5-2)12-7-6-11(9-13(12)19)22(20,21)14(15,16)17/h4,6-7,9H,1,5,8H2,2-3H3/q+1. The Morgan fingerprint density at radius 2 is 2.00 bits per heavy atom. The summed E-state index contributed by atoms with van der Waals surface area (Å²) < 4.78 is 64.9. The zero-order valence-electron chi connectivity index (χ0n) is 12.2. The first kappa shape index (κ1) is 16.5. The van der Waals surface area contributed by atoms with Gasteiger partial charge in [0.1, 0.15) is 6.54 Å². The maximum atomic E-state index is 12.7. The summed E-state index contributed by atoms with van der Waals surface area (Å²) in [6.45, 7) is 8.36. The normalized spacial score (nSPS) is 12.8. The van der Waals surface area contributed by atoms with Gasteiger partial charge < -0.3 is 0 Å². The third kappa shape index (κ3) is 2.41. The quantitative estimate of drug-likeness (QED) is 0.638. The number of alkyl halides is 3. The zero-order chi connectivity index (χ0) is 16.7. The van der Waals surface area contributed by atoms with Crippen molar-refractivity contribution in [1.82, 2.24) is 4.57 Å². The molecule has 1 heterocycles. The van der Waals surface area contributed by atoms with E-state index in [0.29, 0.717) is 24.1 Å². The van der Waals surface area contributed by atoms with Gasteiger partial charge in [0.15, 0.2) is 11.0 Å². The van der Waals surface area contributed by atoms with Gasteiger partial charge in [-0.2, -0.15) is 13.2 Å². The fraction of sp³-hybridized carbons (Fsp3) is 0.357. The van der Waals surface area contributed by atoms with Crippen molar-refractivity contribution in [3.63, 3.8) is 0 Å². The Morgan fingerprint density at radius 1 is 1.36 bits per heavy atom. The molecule has 0 amide bonds. The lowest BCUT2D eigenvalue weighted by molar-refractivity contribution is -0.674. The van der Waals surface area contributed by atoms with Crippen molar-refractivity contribution in [2.75, 3.05) is 0 Å². The summed E-state index contributed by atoms with van der Waals surface area (Å²) in [5.74, 6) is 0.818. The predicted octanol–water partition coefficient (Wildman–Crippen LogP) is 2.74. The van der Waals surface area contributed by atoms with Crippen LogP contribution in [0.4, 0.5) is 13.2 Å². The van der Waals surface area contributed by atoms with Crippen LogP contribution in [0.25, 0.3) is 11.0 Å². The van der Waals surface area contributed by atoms with E-state index in [2.05, 4.69) is 6.58 Å². The van der Waals surface area contributed by atoms with Crippen LogP contribution in [0.2, 0.25) is 0 Å². The number of fused-ring (bicyclic) bond motifs is 1. The molecule has 0 aliphatic rings. The van der Waals surface area contributed by atoms with E-state index in [-0.39, 0.29) is 0 Å². The number of aromatic nitrogens is 2. The van der Waals surface area contributed by atoms with Crippen LogP contribution >= 0.6 is 0 Å². The van der Waals surface area contributed by atoms with E-state index in [9.17, 15) is 21.6 Å². The third-order valence-corrected chi connectivity index (χ3v) is 5.04. The second kappa shape index (κ2) is 5.42. The molecule has 4 nitrogen and oxygen atoms in total. The average Bonchev–Trinajstić information content (AvgIpc) is 2.69. The SMILES string of the molecule is C=CCn1c(C)[n+](CC)c2ccc(S(=O)(=O)C(F)(F)F)cc21. The second-order valence-electron chi connectivity index (χ2n) is 4.79. The molecule has 0 atom stereocenters. The second-order valence-corrected chi connectivity index (χ2v) is 6.73. The van der Waals surface area contributed by atoms with E-state index >= 15 is 0 Å². The van der Waals surface area contributed by atoms with Crippen LogP contribution in [0.15, 0.2) is 35.7 Å². The van der Waals surface area contributed by atoms with E-state index in [1.807, 2.05) is 18.4 Å². The molecule has 0 saturated carbocycles. The number of sulfone groups is 1. The number of aryl methyl sites for hydroxylation is 1. The number of hydrogen-bond acceptors (Lipinski definition) is 2. The van der Waals surface area contributed by atoms with Crippen molar-refractivity contribution in [2.24, 2.45) is 0 Å². The molecule has 0 bridgehead atoms. The van der Waals surface area contributed by atoms with Crippen molar-refractivity contribution >= 4 is 20.9 Å². The van der Waals surface area contributed by atoms with E-state index in [4.69, 9.17) is 0 Å². The lowest BCUT2D eigenvalue weighted by atomic mass is 10.3. The Bertz CT molecular complexity index is 836. The fourth-order valence-electron chi connectivity index (χ4n) is 2.50. The Kier molecular flexibility index (Phi) is 4.08. The minimum absolute atomic E-state index is 0.380. The summed E-state index contributed by atoms with van der Waals surface area (Å²) in [5.41, 5.74) is -4.20. The smallest absolute Gasteiger partial charge is 0.228 e. The lowest BCUT2D eigenvalue weighted by Gasteiger charge is -2.07. The molecule has 8 heteroatoms. The summed E-state index contributed by atoms with van der Waals surface area (Å²) in [7, 11) is -5.36. The molecule has 0 radical (unpaired) electrons. The van der Waals surface area contributed by atoms with E-state index in [1.54, 1.807) is 10.6 Å². The number of nitrogens with zero attached hydrogens (tertiary/aromatic N) is 2. The molecule has 2 aromatic rings. The number of imidazole rings is 1. The summed E-state index contributed by atoms with van der Waals surface area (Å²) in [6.07, 6.45) is 1.61. The first-order valence-electron chi connectivity index (χ1n) is 6.60. The molecule has 2 rings (SSSR count). The van der Waals surface area contributed by atoms with E-state index < -0.39 is 20.2 Å². The van der Waals surface area contributed by atoms with Crippen LogP contribution in [0.5, 0.6) is 0 Å². The van der Waals surface area contributed by atoms with Crippen molar-refractivity contribution in [1.29, 1.82) is 0 Å². The van der Waals surface area contributed by atoms with Gasteiger partial charge in [-0.05, 0) is 19.1 Å². The van der Waals surface area contributed by atoms with Gasteiger partial charge in [0.2, 0.25) is 0 Å². The van der Waals surface area contributed by atoms with Gasteiger partial charge in [-0.1, -0.05) is 12.7 Å². The Balaban J connectivity index is 2.80. The monoisotopic (exact) mass is 333 g/mol. The van der Waals surface area contributed by atoms with Crippen molar-refractivity contribution in [3.8, 4) is 0 Å². The summed E-state index contributed by atoms with van der Waals surface area (Å²) in [5, 5.41) is 0. The van der Waals surface area contributed by atoms with Crippen molar-refractivity contribution in [3.05, 3.63) is 36.7 Å². The number of benzene rings is 1. The highest BCUT2D eigenvalue weighted by atomic mass is 32.2. The van der Waals surface area contributed by atoms with Gasteiger partial charge in [-0.15, -0.1) is 0 Å². The van der Waals surface area contributed by atoms with Gasteiger partial charge in [0, 0.05) is 13.0 Å². The van der Waals surface area contributed by atoms with Crippen molar-refractivity contribution < 1.29 is 26.2 Å². The van der Waals surface area contributed by atoms with Gasteiger partial charge in [0.05, 0.1) is 11.4 Å². The molecule has 22 heavy (non-hydrogen) atoms. The molecule has 0 spiro atoms. The van der Waals surface area contributed by atoms with Crippen molar-refractivity contribution in [2.45, 2.75) is 37.3 Å². The molecule has 0 N–H and O–H groups in total. The molecule has 0 aliphatic heterocycles. The highest BCUT2D eigenvalue weighted by molar-refractivity contribution is 7.92. The van der Waals surface area contributed by atoms with Gasteiger partial charge in [0.25, 0.3) is 15.7 Å². The first-order valence-corrected chi connectivity index (χ1v) is 8.08. The molecule has 120 valence electrons. The van der Waals surface area contributed by atoms with E-state index in [0.717, 1.165) is 18.0 Å². The summed E-state index contributed by atoms with van der Waals surface area (Å²) in [6, 6.07) is 3.47. The van der Waals surface area contributed by atoms with Crippen LogP contribution in [0, 0.1) is 6.92 Å². The van der Waals surface area contributed by atoms with Crippen LogP contribution in [0.1, 0.15) is 12.7 Å². The summed E-state index contributed by atoms with van der Waals surface area (Å²) in [4.78, 5) is -0.751. The van der Waals surface area contributed by atoms with Gasteiger partial charge in [-0.25, -0.2) is 17.6 Å². The van der Waals surface area contributed by atoms with Crippen LogP contribution in [-0.2, 0) is 22.9 Å². The Hall–Kier alpha value is -1.83. The average molecular weight is 333 g/mol. The van der Waals surface area contributed by atoms with Crippen LogP contribution in [-0.4, -0.2) is 18.5 Å². The predicted molar refractivity (Wildman–Crippen MR) is 76.0 cm³/mol. The minimum Gasteiger partial charge on any atom is -0.228 e. The molecule has 0 saturated heterocycles. The van der Waals surface area contributed by atoms with Gasteiger partial charge >= 0.3 is 5.51 Å². The Labute approximate surface area is 126 Å². The van der Waals surface area contributed by atoms with Gasteiger partial charge in [-0.3, -0.25) is 0 Å². The highest BCUT2D eigenvalue weighted by Crippen LogP contribution is 2.31. The molecule has 1 aromatic carbocycles. The third-order valence-electron chi connectivity index (χ3n) is 3.55. The highest BCUT2D eigenvalue weighted by Gasteiger charge is 2.47. The largest absolute Gasteiger partial charge is 0.501 e. The molecular formula is C14H16F3N2O2S+. The number of halogens is 3. The minimum atomic E-state index is -5.36. The maximum absolute atomic E-state index is 12.7. The Morgan fingerprint density at radius 3 is 2.50 bits per heavy atom. The molecule has 0 aliphatic carbocycles. The molecule has 0 unspecified atom stereocenters. The molecule has 1 aromatic heterocycles. The first-order chi connectivity index (χ1) is 10.1. The fourth-order valence-corrected chi connectivity index (χ4v) is 3.28. The number of allylic oxidation sites excluding steroid dienone is 1. The maximum Gasteiger partial charge on any atom is 0.501 e. The van der Waals surface area contributed by atoms with Crippen LogP contribution in [0.3, 0.4) is 0 Å². The lowest BCUT2D eigenvalue weighted by Crippen LogP contribution is -2.35. The zero-order valence-corrected chi connectivity index (χ0v) is 13.0. The topological polar surface area (TPSA) is 43.0 Å². The van der Waals surface area contributed by atoms with Crippen LogP contribution < -0.4 is 4.57 Å². The molecule has 0 fully saturated rings. The molecular weight excluding hydrogens is 317 g/mol. The number of rotatable bonds is 4. The summed E-state index contributed by atoms with van der Waals surface area (Å²) >= 11 is 0. The number of hydrogen-bond donors (Lipinski definition) is 0. The van der Waals surface area contributed by atoms with E-state index in [1.165, 1.54) is 6.07 Å².